The van der Waals surface area contributed by atoms with Gasteiger partial charge < -0.3 is 8.85 Å². The van der Waals surface area contributed by atoms with E-state index in [0.717, 1.165) is 6.61 Å². The van der Waals surface area contributed by atoms with E-state index < -0.39 is 8.56 Å². The van der Waals surface area contributed by atoms with E-state index in [4.69, 9.17) is 8.85 Å². The Morgan fingerprint density at radius 3 is 1.79 bits per heavy atom. The van der Waals surface area contributed by atoms with Crippen LogP contribution in [0.1, 0.15) is 97.3 Å². The number of hydrogen-bond donors (Lipinski definition) is 0. The summed E-state index contributed by atoms with van der Waals surface area (Å²) in [5, 5.41) is 0. The fraction of sp³-hybridized carbons (Fsp3) is 0.905. The molecule has 0 radical (unpaired) electrons. The van der Waals surface area contributed by atoms with Crippen molar-refractivity contribution in [2.75, 3.05) is 13.2 Å². The Balaban J connectivity index is 3.42. The number of unbranched alkanes of at least 4 members (excludes halogenated alkanes) is 11. The standard InChI is InChI=1S/C21H44O2Si/c1-5-7-9-11-12-13-14-15-17-19-21-23-24(3,4)22-20-18-16-10-8-6-2/h17,19H,5-16,18,20-21H2,1-4H3/b19-17+. The molecule has 0 aliphatic rings. The third-order valence-corrected chi connectivity index (χ3v) is 6.13. The lowest BCUT2D eigenvalue weighted by Crippen LogP contribution is -2.35. The quantitative estimate of drug-likeness (QED) is 0.145. The summed E-state index contributed by atoms with van der Waals surface area (Å²) in [5.74, 6) is 0. The van der Waals surface area contributed by atoms with Crippen molar-refractivity contribution >= 4 is 8.56 Å². The predicted molar refractivity (Wildman–Crippen MR) is 110 cm³/mol. The van der Waals surface area contributed by atoms with Gasteiger partial charge in [0.1, 0.15) is 0 Å². The third-order valence-electron chi connectivity index (χ3n) is 4.37. The fourth-order valence-corrected chi connectivity index (χ4v) is 3.94. The van der Waals surface area contributed by atoms with Crippen LogP contribution in [0.15, 0.2) is 12.2 Å². The Kier molecular flexibility index (Phi) is 17.6. The van der Waals surface area contributed by atoms with E-state index >= 15 is 0 Å². The summed E-state index contributed by atoms with van der Waals surface area (Å²) >= 11 is 0. The van der Waals surface area contributed by atoms with Crippen LogP contribution < -0.4 is 0 Å². The fourth-order valence-electron chi connectivity index (χ4n) is 2.72. The third kappa shape index (κ3) is 18.2. The summed E-state index contributed by atoms with van der Waals surface area (Å²) in [6.45, 7) is 10.4. The minimum atomic E-state index is -1.92. The van der Waals surface area contributed by atoms with Gasteiger partial charge in [0.2, 0.25) is 0 Å². The second-order valence-corrected chi connectivity index (χ2v) is 10.7. The molecule has 0 rings (SSSR count). The molecule has 0 heterocycles. The van der Waals surface area contributed by atoms with E-state index in [1.165, 1.54) is 83.5 Å². The summed E-state index contributed by atoms with van der Waals surface area (Å²) in [6.07, 6.45) is 21.8. The maximum absolute atomic E-state index is 5.98. The van der Waals surface area contributed by atoms with Crippen molar-refractivity contribution in [2.45, 2.75) is 110 Å². The van der Waals surface area contributed by atoms with Gasteiger partial charge in [0.05, 0.1) is 6.61 Å². The normalized spacial score (nSPS) is 12.3. The lowest BCUT2D eigenvalue weighted by atomic mass is 10.1. The summed E-state index contributed by atoms with van der Waals surface area (Å²) in [5.41, 5.74) is 0. The van der Waals surface area contributed by atoms with E-state index in [1.54, 1.807) is 0 Å². The lowest BCUT2D eigenvalue weighted by molar-refractivity contribution is 0.190. The van der Waals surface area contributed by atoms with Crippen LogP contribution in [-0.4, -0.2) is 21.8 Å². The van der Waals surface area contributed by atoms with Crippen LogP contribution >= 0.6 is 0 Å². The number of hydrogen-bond acceptors (Lipinski definition) is 2. The van der Waals surface area contributed by atoms with Gasteiger partial charge in [-0.05, 0) is 32.4 Å². The molecule has 0 fully saturated rings. The van der Waals surface area contributed by atoms with Crippen LogP contribution in [0.2, 0.25) is 13.1 Å². The van der Waals surface area contributed by atoms with Crippen LogP contribution in [-0.2, 0) is 8.85 Å². The van der Waals surface area contributed by atoms with Crippen molar-refractivity contribution in [1.29, 1.82) is 0 Å². The van der Waals surface area contributed by atoms with E-state index in [-0.39, 0.29) is 0 Å². The Labute approximate surface area is 153 Å². The molecular formula is C21H44O2Si. The van der Waals surface area contributed by atoms with Gasteiger partial charge in [0.25, 0.3) is 0 Å². The zero-order valence-corrected chi connectivity index (χ0v) is 18.1. The van der Waals surface area contributed by atoms with Crippen molar-refractivity contribution in [3.63, 3.8) is 0 Å². The van der Waals surface area contributed by atoms with Gasteiger partial charge in [0, 0.05) is 6.61 Å². The topological polar surface area (TPSA) is 18.5 Å². The molecule has 0 N–H and O–H groups in total. The molecule has 0 atom stereocenters. The van der Waals surface area contributed by atoms with Crippen molar-refractivity contribution in [3.05, 3.63) is 12.2 Å². The first-order valence-corrected chi connectivity index (χ1v) is 13.4. The molecule has 0 spiro atoms. The van der Waals surface area contributed by atoms with Crippen LogP contribution in [0.3, 0.4) is 0 Å². The van der Waals surface area contributed by atoms with Crippen molar-refractivity contribution in [1.82, 2.24) is 0 Å². The highest BCUT2D eigenvalue weighted by Gasteiger charge is 2.23. The second-order valence-electron chi connectivity index (χ2n) is 7.35. The zero-order chi connectivity index (χ0) is 17.9. The molecule has 0 aromatic carbocycles. The first kappa shape index (κ1) is 23.9. The highest BCUT2D eigenvalue weighted by molar-refractivity contribution is 6.64. The molecule has 24 heavy (non-hydrogen) atoms. The Morgan fingerprint density at radius 1 is 0.625 bits per heavy atom. The molecule has 0 bridgehead atoms. The highest BCUT2D eigenvalue weighted by atomic mass is 28.4. The smallest absolute Gasteiger partial charge is 0.331 e. The van der Waals surface area contributed by atoms with Crippen LogP contribution in [0, 0.1) is 0 Å². The SMILES string of the molecule is CCCCCCCCC/C=C/CO[Si](C)(C)OCCCCCCC. The Hall–Kier alpha value is -0.123. The van der Waals surface area contributed by atoms with Crippen molar-refractivity contribution in [3.8, 4) is 0 Å². The first-order chi connectivity index (χ1) is 11.6. The minimum Gasteiger partial charge on any atom is -0.395 e. The Morgan fingerprint density at radius 2 is 1.17 bits per heavy atom. The summed E-state index contributed by atoms with van der Waals surface area (Å²) < 4.78 is 11.9. The average Bonchev–Trinajstić information content (AvgIpc) is 2.56. The number of allylic oxidation sites excluding steroid dienone is 1. The van der Waals surface area contributed by atoms with Gasteiger partial charge in [-0.1, -0.05) is 90.2 Å². The molecule has 3 heteroatoms. The van der Waals surface area contributed by atoms with Crippen LogP contribution in [0.4, 0.5) is 0 Å². The van der Waals surface area contributed by atoms with Crippen molar-refractivity contribution < 1.29 is 8.85 Å². The molecule has 0 amide bonds. The maximum atomic E-state index is 5.98. The van der Waals surface area contributed by atoms with Gasteiger partial charge in [-0.15, -0.1) is 0 Å². The van der Waals surface area contributed by atoms with Crippen LogP contribution in [0.25, 0.3) is 0 Å². The minimum absolute atomic E-state index is 0.714. The monoisotopic (exact) mass is 356 g/mol. The average molecular weight is 357 g/mol. The largest absolute Gasteiger partial charge is 0.395 e. The molecule has 0 saturated heterocycles. The molecule has 2 nitrogen and oxygen atoms in total. The lowest BCUT2D eigenvalue weighted by Gasteiger charge is -2.22. The molecular weight excluding hydrogens is 312 g/mol. The molecule has 144 valence electrons. The van der Waals surface area contributed by atoms with Crippen molar-refractivity contribution in [2.24, 2.45) is 0 Å². The zero-order valence-electron chi connectivity index (χ0n) is 17.1. The van der Waals surface area contributed by atoms with E-state index in [9.17, 15) is 0 Å². The van der Waals surface area contributed by atoms with E-state index in [2.05, 4.69) is 39.1 Å². The highest BCUT2D eigenvalue weighted by Crippen LogP contribution is 2.11. The predicted octanol–water partition coefficient (Wildman–Crippen LogP) is 7.39. The van der Waals surface area contributed by atoms with E-state index in [1.807, 2.05) is 0 Å². The van der Waals surface area contributed by atoms with Gasteiger partial charge >= 0.3 is 8.56 Å². The second kappa shape index (κ2) is 17.7. The Bertz CT molecular complexity index is 277. The molecule has 0 aromatic rings. The summed E-state index contributed by atoms with van der Waals surface area (Å²) in [7, 11) is -1.92. The van der Waals surface area contributed by atoms with Gasteiger partial charge in [-0.25, -0.2) is 0 Å². The summed E-state index contributed by atoms with van der Waals surface area (Å²) in [6, 6.07) is 0. The molecule has 0 aliphatic heterocycles. The van der Waals surface area contributed by atoms with Gasteiger partial charge in [-0.2, -0.15) is 0 Å². The first-order valence-electron chi connectivity index (χ1n) is 10.5. The molecule has 0 aliphatic carbocycles. The van der Waals surface area contributed by atoms with Crippen LogP contribution in [0.5, 0.6) is 0 Å². The van der Waals surface area contributed by atoms with Gasteiger partial charge in [0.15, 0.2) is 0 Å². The number of rotatable bonds is 18. The molecule has 0 aromatic heterocycles. The molecule has 0 saturated carbocycles. The van der Waals surface area contributed by atoms with Gasteiger partial charge in [-0.3, -0.25) is 0 Å². The molecule has 0 unspecified atom stereocenters. The summed E-state index contributed by atoms with van der Waals surface area (Å²) in [4.78, 5) is 0. The maximum Gasteiger partial charge on any atom is 0.331 e. The van der Waals surface area contributed by atoms with E-state index in [0.29, 0.717) is 6.61 Å².